The molecule has 0 bridgehead atoms. The molecule has 44 valence electrons. The maximum atomic E-state index is 10.6. The molecule has 0 spiro atoms. The lowest BCUT2D eigenvalue weighted by Crippen LogP contribution is -2.13. The monoisotopic (exact) mass is 129 g/mol. The summed E-state index contributed by atoms with van der Waals surface area (Å²) >= 11 is 1.30. The Balaban J connectivity index is 2.70. The summed E-state index contributed by atoms with van der Waals surface area (Å²) in [5.74, 6) is 0.759. The predicted octanol–water partition coefficient (Wildman–Crippen LogP) is 1.30. The van der Waals surface area contributed by atoms with E-state index < -0.39 is 0 Å². The molecule has 0 N–H and O–H groups in total. The van der Waals surface area contributed by atoms with Gasteiger partial charge in [-0.25, -0.2) is 0 Å². The van der Waals surface area contributed by atoms with Crippen molar-refractivity contribution in [2.45, 2.75) is 0 Å². The van der Waals surface area contributed by atoms with Crippen LogP contribution in [0.3, 0.4) is 0 Å². The molecule has 2 nitrogen and oxygen atoms in total. The van der Waals surface area contributed by atoms with Crippen molar-refractivity contribution in [2.75, 3.05) is 12.8 Å². The molecule has 0 saturated carbocycles. The van der Waals surface area contributed by atoms with Gasteiger partial charge in [-0.2, -0.15) is 0 Å². The minimum absolute atomic E-state index is 0.106. The molecule has 3 heteroatoms. The molecule has 0 unspecified atom stereocenters. The summed E-state index contributed by atoms with van der Waals surface area (Å²) in [4.78, 5) is 12.2. The van der Waals surface area contributed by atoms with E-state index in [4.69, 9.17) is 0 Å². The van der Waals surface area contributed by atoms with E-state index in [1.54, 1.807) is 11.9 Å². The van der Waals surface area contributed by atoms with Crippen LogP contribution in [0.1, 0.15) is 0 Å². The molecule has 1 heterocycles. The number of nitrogens with zero attached hydrogens (tertiary/aromatic N) is 1. The van der Waals surface area contributed by atoms with Crippen LogP contribution in [0.4, 0.5) is 4.79 Å². The molecule has 1 fully saturated rings. The zero-order chi connectivity index (χ0) is 6.15. The number of hydrogen-bond donors (Lipinski definition) is 0. The van der Waals surface area contributed by atoms with Gasteiger partial charge in [0.25, 0.3) is 5.24 Å². The Kier molecular flexibility index (Phi) is 1.29. The molecular weight excluding hydrogens is 122 g/mol. The molecule has 1 aliphatic rings. The molecule has 1 amide bonds. The summed E-state index contributed by atoms with van der Waals surface area (Å²) in [6, 6.07) is 0. The summed E-state index contributed by atoms with van der Waals surface area (Å²) in [5, 5.41) is 0.106. The van der Waals surface area contributed by atoms with E-state index in [-0.39, 0.29) is 5.24 Å². The number of amides is 1. The molecule has 1 aliphatic heterocycles. The summed E-state index contributed by atoms with van der Waals surface area (Å²) in [7, 11) is 1.74. The maximum Gasteiger partial charge on any atom is 0.285 e. The van der Waals surface area contributed by atoms with E-state index in [0.717, 1.165) is 11.4 Å². The minimum atomic E-state index is 0.106. The highest BCUT2D eigenvalue weighted by molar-refractivity contribution is 8.14. The number of carbonyl (C=O) groups excluding carboxylic acids is 1. The Hall–Kier alpha value is -0.440. The Morgan fingerprint density at radius 2 is 2.50 bits per heavy atom. The zero-order valence-corrected chi connectivity index (χ0v) is 5.49. The van der Waals surface area contributed by atoms with Crippen LogP contribution in [0.25, 0.3) is 0 Å². The first-order chi connectivity index (χ1) is 3.72. The molecule has 0 aromatic rings. The van der Waals surface area contributed by atoms with Crippen LogP contribution in [0.5, 0.6) is 0 Å². The highest BCUT2D eigenvalue weighted by Gasteiger charge is 2.19. The average Bonchev–Trinajstić information content (AvgIpc) is 1.98. The van der Waals surface area contributed by atoms with Gasteiger partial charge in [-0.05, 0) is 0 Å². The van der Waals surface area contributed by atoms with Crippen molar-refractivity contribution in [2.24, 2.45) is 0 Å². The van der Waals surface area contributed by atoms with E-state index >= 15 is 0 Å². The molecule has 1 saturated heterocycles. The van der Waals surface area contributed by atoms with Crippen LogP contribution in [0.15, 0.2) is 12.3 Å². The lowest BCUT2D eigenvalue weighted by Gasteiger charge is -2.05. The first-order valence-corrected chi connectivity index (χ1v) is 3.28. The number of hydrogen-bond acceptors (Lipinski definition) is 2. The van der Waals surface area contributed by atoms with Crippen molar-refractivity contribution >= 4 is 17.0 Å². The largest absolute Gasteiger partial charge is 0.310 e. The molecule has 0 aromatic carbocycles. The third-order valence-electron chi connectivity index (χ3n) is 1.11. The number of carbonyl (C=O) groups is 1. The van der Waals surface area contributed by atoms with E-state index in [1.165, 1.54) is 11.8 Å². The van der Waals surface area contributed by atoms with Crippen LogP contribution in [0.2, 0.25) is 0 Å². The second kappa shape index (κ2) is 1.82. The fraction of sp³-hybridized carbons (Fsp3) is 0.400. The molecule has 0 aliphatic carbocycles. The van der Waals surface area contributed by atoms with Gasteiger partial charge >= 0.3 is 0 Å². The highest BCUT2D eigenvalue weighted by atomic mass is 32.2. The lowest BCUT2D eigenvalue weighted by atomic mass is 10.5. The third kappa shape index (κ3) is 0.733. The van der Waals surface area contributed by atoms with Crippen LogP contribution in [-0.2, 0) is 0 Å². The fourth-order valence-corrected chi connectivity index (χ4v) is 1.27. The van der Waals surface area contributed by atoms with Crippen LogP contribution >= 0.6 is 11.8 Å². The van der Waals surface area contributed by atoms with Crippen molar-refractivity contribution in [3.8, 4) is 0 Å². The normalized spacial score (nSPS) is 20.4. The van der Waals surface area contributed by atoms with Crippen molar-refractivity contribution in [3.05, 3.63) is 12.3 Å². The lowest BCUT2D eigenvalue weighted by molar-refractivity contribution is 0.245. The molecule has 1 rings (SSSR count). The van der Waals surface area contributed by atoms with Gasteiger partial charge in [-0.3, -0.25) is 4.79 Å². The van der Waals surface area contributed by atoms with E-state index in [2.05, 4.69) is 6.58 Å². The maximum absolute atomic E-state index is 10.6. The quantitative estimate of drug-likeness (QED) is 0.491. The molecule has 0 aromatic heterocycles. The Morgan fingerprint density at radius 1 is 1.88 bits per heavy atom. The van der Waals surface area contributed by atoms with E-state index in [0.29, 0.717) is 0 Å². The third-order valence-corrected chi connectivity index (χ3v) is 2.11. The van der Waals surface area contributed by atoms with Crippen molar-refractivity contribution in [1.29, 1.82) is 0 Å². The van der Waals surface area contributed by atoms with Gasteiger partial charge in [0.15, 0.2) is 0 Å². The van der Waals surface area contributed by atoms with Crippen molar-refractivity contribution in [3.63, 3.8) is 0 Å². The Labute approximate surface area is 52.5 Å². The summed E-state index contributed by atoms with van der Waals surface area (Å²) in [6.45, 7) is 3.67. The van der Waals surface area contributed by atoms with Crippen molar-refractivity contribution in [1.82, 2.24) is 4.90 Å². The zero-order valence-electron chi connectivity index (χ0n) is 4.68. The smallest absolute Gasteiger partial charge is 0.285 e. The van der Waals surface area contributed by atoms with Gasteiger partial charge in [0.2, 0.25) is 0 Å². The summed E-state index contributed by atoms with van der Waals surface area (Å²) < 4.78 is 0. The predicted molar refractivity (Wildman–Crippen MR) is 34.8 cm³/mol. The van der Waals surface area contributed by atoms with E-state index in [9.17, 15) is 4.79 Å². The standard InChI is InChI=1S/C5H7NOS/c1-4-3-8-5(7)6(4)2/h1,3H2,2H3. The summed E-state index contributed by atoms with van der Waals surface area (Å²) in [6.07, 6.45) is 0. The van der Waals surface area contributed by atoms with Gasteiger partial charge in [0.05, 0.1) is 0 Å². The Bertz CT molecular complexity index is 127. The van der Waals surface area contributed by atoms with Gasteiger partial charge in [0.1, 0.15) is 0 Å². The average molecular weight is 129 g/mol. The molecule has 0 atom stereocenters. The van der Waals surface area contributed by atoms with Crippen LogP contribution in [-0.4, -0.2) is 22.9 Å². The second-order valence-corrected chi connectivity index (χ2v) is 2.61. The minimum Gasteiger partial charge on any atom is -0.310 e. The van der Waals surface area contributed by atoms with Crippen molar-refractivity contribution < 1.29 is 4.79 Å². The highest BCUT2D eigenvalue weighted by Crippen LogP contribution is 2.22. The van der Waals surface area contributed by atoms with Gasteiger partial charge < -0.3 is 4.90 Å². The van der Waals surface area contributed by atoms with Gasteiger partial charge in [0, 0.05) is 18.5 Å². The topological polar surface area (TPSA) is 20.3 Å². The number of rotatable bonds is 0. The Morgan fingerprint density at radius 3 is 2.62 bits per heavy atom. The SMILES string of the molecule is C=C1CSC(=O)N1C. The molecule has 0 radical (unpaired) electrons. The first kappa shape index (κ1) is 5.69. The van der Waals surface area contributed by atoms with Gasteiger partial charge in [-0.15, -0.1) is 0 Å². The summed E-state index contributed by atoms with van der Waals surface area (Å²) in [5.41, 5.74) is 0.903. The second-order valence-electron chi connectivity index (χ2n) is 1.68. The number of thioether (sulfide) groups is 1. The molecule has 8 heavy (non-hydrogen) atoms. The van der Waals surface area contributed by atoms with Crippen LogP contribution < -0.4 is 0 Å². The van der Waals surface area contributed by atoms with Gasteiger partial charge in [-0.1, -0.05) is 18.3 Å². The van der Waals surface area contributed by atoms with Crippen LogP contribution in [0, 0.1) is 0 Å². The molecular formula is C5H7NOS. The van der Waals surface area contributed by atoms with E-state index in [1.807, 2.05) is 0 Å². The fourth-order valence-electron chi connectivity index (χ4n) is 0.468. The first-order valence-electron chi connectivity index (χ1n) is 2.30.